The van der Waals surface area contributed by atoms with Gasteiger partial charge in [0, 0.05) is 38.0 Å². The zero-order valence-corrected chi connectivity index (χ0v) is 15.5. The molecular weight excluding hydrogens is 356 g/mol. The van der Waals surface area contributed by atoms with E-state index in [2.05, 4.69) is 26.4 Å². The zero-order chi connectivity index (χ0) is 17.3. The lowest BCUT2D eigenvalue weighted by Crippen LogP contribution is -2.34. The summed E-state index contributed by atoms with van der Waals surface area (Å²) in [5, 5.41) is 4.28. The summed E-state index contributed by atoms with van der Waals surface area (Å²) < 4.78 is 33.5. The highest BCUT2D eigenvalue weighted by atomic mass is 32.2. The van der Waals surface area contributed by atoms with Gasteiger partial charge in [-0.2, -0.15) is 11.3 Å². The molecular formula is C18H22N2O3S2. The summed E-state index contributed by atoms with van der Waals surface area (Å²) in [6.07, 6.45) is 0.227. The van der Waals surface area contributed by atoms with Crippen LogP contribution in [-0.2, 0) is 21.3 Å². The van der Waals surface area contributed by atoms with Crippen molar-refractivity contribution in [3.05, 3.63) is 52.7 Å². The molecule has 0 bridgehead atoms. The minimum atomic E-state index is -3.45. The van der Waals surface area contributed by atoms with Crippen LogP contribution in [0.2, 0.25) is 0 Å². The molecule has 0 radical (unpaired) electrons. The molecule has 7 heteroatoms. The Morgan fingerprint density at radius 2 is 2.04 bits per heavy atom. The average Bonchev–Trinajstić information content (AvgIpc) is 3.32. The molecule has 1 N–H and O–H groups in total. The summed E-state index contributed by atoms with van der Waals surface area (Å²) in [4.78, 5) is 2.73. The van der Waals surface area contributed by atoms with E-state index in [0.717, 1.165) is 19.6 Å². The number of nitrogens with one attached hydrogen (secondary N) is 1. The highest BCUT2D eigenvalue weighted by Gasteiger charge is 2.43. The zero-order valence-electron chi connectivity index (χ0n) is 13.9. The quantitative estimate of drug-likeness (QED) is 0.837. The largest absolute Gasteiger partial charge is 0.376 e. The Balaban J connectivity index is 1.35. The van der Waals surface area contributed by atoms with Crippen LogP contribution in [-0.4, -0.2) is 45.7 Å². The Morgan fingerprint density at radius 3 is 2.80 bits per heavy atom. The summed E-state index contributed by atoms with van der Waals surface area (Å²) in [5.41, 5.74) is 1.34. The Morgan fingerprint density at radius 1 is 1.20 bits per heavy atom. The summed E-state index contributed by atoms with van der Waals surface area (Å²) >= 11 is 1.72. The van der Waals surface area contributed by atoms with Gasteiger partial charge in [-0.05, 0) is 34.5 Å². The van der Waals surface area contributed by atoms with Crippen molar-refractivity contribution in [1.82, 2.24) is 9.62 Å². The summed E-state index contributed by atoms with van der Waals surface area (Å²) in [6.45, 7) is 3.92. The van der Waals surface area contributed by atoms with E-state index in [1.807, 2.05) is 6.07 Å². The van der Waals surface area contributed by atoms with E-state index < -0.39 is 10.0 Å². The third-order valence-electron chi connectivity index (χ3n) is 5.09. The fourth-order valence-corrected chi connectivity index (χ4v) is 5.54. The third kappa shape index (κ3) is 3.80. The van der Waals surface area contributed by atoms with Crippen molar-refractivity contribution in [2.45, 2.75) is 17.5 Å². The van der Waals surface area contributed by atoms with E-state index in [9.17, 15) is 8.42 Å². The topological polar surface area (TPSA) is 58.6 Å². The lowest BCUT2D eigenvalue weighted by atomic mass is 9.93. The van der Waals surface area contributed by atoms with Crippen molar-refractivity contribution in [1.29, 1.82) is 0 Å². The molecule has 3 heterocycles. The predicted octanol–water partition coefficient (Wildman–Crippen LogP) is 2.17. The molecule has 2 aromatic rings. The smallest absolute Gasteiger partial charge is 0.240 e. The van der Waals surface area contributed by atoms with E-state index in [1.165, 1.54) is 5.56 Å². The van der Waals surface area contributed by atoms with Crippen LogP contribution >= 0.6 is 11.3 Å². The van der Waals surface area contributed by atoms with Crippen molar-refractivity contribution >= 4 is 21.4 Å². The van der Waals surface area contributed by atoms with Crippen molar-refractivity contribution in [2.24, 2.45) is 11.8 Å². The second-order valence-corrected chi connectivity index (χ2v) is 9.33. The average molecular weight is 379 g/mol. The van der Waals surface area contributed by atoms with E-state index >= 15 is 0 Å². The molecule has 2 aliphatic rings. The highest BCUT2D eigenvalue weighted by molar-refractivity contribution is 7.89. The molecule has 134 valence electrons. The first-order valence-corrected chi connectivity index (χ1v) is 10.9. The number of sulfonamides is 1. The summed E-state index contributed by atoms with van der Waals surface area (Å²) in [5.74, 6) is 0.632. The Labute approximate surface area is 152 Å². The van der Waals surface area contributed by atoms with Gasteiger partial charge in [-0.25, -0.2) is 13.1 Å². The van der Waals surface area contributed by atoms with Crippen molar-refractivity contribution < 1.29 is 13.2 Å². The number of nitrogens with zero attached hydrogens (tertiary/aromatic N) is 1. The molecule has 0 amide bonds. The first kappa shape index (κ1) is 17.2. The molecule has 2 fully saturated rings. The van der Waals surface area contributed by atoms with Crippen LogP contribution in [0.25, 0.3) is 0 Å². The normalized spacial score (nSPS) is 26.8. The molecule has 5 nitrogen and oxygen atoms in total. The predicted molar refractivity (Wildman–Crippen MR) is 97.9 cm³/mol. The van der Waals surface area contributed by atoms with Crippen LogP contribution in [0.1, 0.15) is 5.56 Å². The van der Waals surface area contributed by atoms with Gasteiger partial charge in [0.1, 0.15) is 0 Å². The summed E-state index contributed by atoms with van der Waals surface area (Å²) in [7, 11) is -3.45. The molecule has 1 aromatic carbocycles. The van der Waals surface area contributed by atoms with E-state index in [4.69, 9.17) is 4.74 Å². The second kappa shape index (κ2) is 7.17. The van der Waals surface area contributed by atoms with Gasteiger partial charge in [0.15, 0.2) is 0 Å². The monoisotopic (exact) mass is 378 g/mol. The number of ether oxygens (including phenoxy) is 1. The van der Waals surface area contributed by atoms with Gasteiger partial charge < -0.3 is 4.74 Å². The first-order chi connectivity index (χ1) is 12.1. The van der Waals surface area contributed by atoms with Crippen LogP contribution in [0.3, 0.4) is 0 Å². The first-order valence-electron chi connectivity index (χ1n) is 8.51. The number of benzene rings is 1. The summed E-state index contributed by atoms with van der Waals surface area (Å²) in [6, 6.07) is 10.7. The minimum Gasteiger partial charge on any atom is -0.376 e. The van der Waals surface area contributed by atoms with E-state index in [0.29, 0.717) is 24.0 Å². The fraction of sp³-hybridized carbons (Fsp3) is 0.444. The van der Waals surface area contributed by atoms with Crippen LogP contribution in [0.15, 0.2) is 52.1 Å². The van der Waals surface area contributed by atoms with Crippen LogP contribution in [0.5, 0.6) is 0 Å². The molecule has 0 saturated carbocycles. The minimum absolute atomic E-state index is 0.227. The van der Waals surface area contributed by atoms with E-state index in [1.54, 1.807) is 35.6 Å². The Bertz CT molecular complexity index is 793. The van der Waals surface area contributed by atoms with Crippen molar-refractivity contribution in [3.63, 3.8) is 0 Å². The lowest BCUT2D eigenvalue weighted by molar-refractivity contribution is 0.0942. The van der Waals surface area contributed by atoms with E-state index in [-0.39, 0.29) is 12.0 Å². The molecule has 1 aromatic heterocycles. The van der Waals surface area contributed by atoms with Crippen LogP contribution in [0.4, 0.5) is 0 Å². The number of rotatable bonds is 6. The molecule has 3 atom stereocenters. The molecule has 0 aliphatic carbocycles. The van der Waals surface area contributed by atoms with Gasteiger partial charge in [-0.3, -0.25) is 4.90 Å². The lowest BCUT2D eigenvalue weighted by Gasteiger charge is -2.19. The molecule has 0 spiro atoms. The number of hydrogen-bond acceptors (Lipinski definition) is 5. The Hall–Kier alpha value is -1.25. The van der Waals surface area contributed by atoms with Gasteiger partial charge in [-0.15, -0.1) is 0 Å². The van der Waals surface area contributed by atoms with Crippen molar-refractivity contribution in [2.75, 3.05) is 26.2 Å². The number of likely N-dealkylation sites (tertiary alicyclic amines) is 1. The number of fused-ring (bicyclic) bond motifs is 1. The van der Waals surface area contributed by atoms with Gasteiger partial charge in [0.25, 0.3) is 0 Å². The molecule has 2 saturated heterocycles. The molecule has 4 rings (SSSR count). The van der Waals surface area contributed by atoms with Gasteiger partial charge in [0.05, 0.1) is 17.6 Å². The molecule has 2 aliphatic heterocycles. The van der Waals surface area contributed by atoms with Gasteiger partial charge in [0.2, 0.25) is 10.0 Å². The molecule has 25 heavy (non-hydrogen) atoms. The van der Waals surface area contributed by atoms with Gasteiger partial charge >= 0.3 is 0 Å². The highest BCUT2D eigenvalue weighted by Crippen LogP contribution is 2.34. The number of hydrogen-bond donors (Lipinski definition) is 1. The van der Waals surface area contributed by atoms with Gasteiger partial charge in [-0.1, -0.05) is 18.2 Å². The SMILES string of the molecule is O=S(=O)(NC[C@H]1CO[C@@H]2CN(Cc3ccsc3)C[C@H]12)c1ccccc1. The van der Waals surface area contributed by atoms with Crippen LogP contribution < -0.4 is 4.72 Å². The van der Waals surface area contributed by atoms with Crippen molar-refractivity contribution in [3.8, 4) is 0 Å². The Kier molecular flexibility index (Phi) is 4.92. The second-order valence-electron chi connectivity index (χ2n) is 6.79. The maximum Gasteiger partial charge on any atom is 0.240 e. The van der Waals surface area contributed by atoms with Crippen LogP contribution in [0, 0.1) is 11.8 Å². The molecule has 0 unspecified atom stereocenters. The standard InChI is InChI=1S/C18H22N2O3S2/c21-25(22,16-4-2-1-3-5-16)19-8-15-12-23-18-11-20(10-17(15)18)9-14-6-7-24-13-14/h1-7,13,15,17-19H,8-12H2/t15-,17+,18+/m0/s1. The fourth-order valence-electron chi connectivity index (χ4n) is 3.76. The maximum atomic E-state index is 12.4. The maximum absolute atomic E-state index is 12.4. The number of thiophene rings is 1. The third-order valence-corrected chi connectivity index (χ3v) is 7.26.